The lowest BCUT2D eigenvalue weighted by Crippen LogP contribution is -2.18. The maximum absolute atomic E-state index is 6.14. The molecule has 1 aliphatic carbocycles. The summed E-state index contributed by atoms with van der Waals surface area (Å²) in [5.41, 5.74) is 8.44. The summed E-state index contributed by atoms with van der Waals surface area (Å²) < 4.78 is 0. The number of nitrogens with two attached hydrogens (primary N) is 1. The van der Waals surface area contributed by atoms with Crippen molar-refractivity contribution < 1.29 is 0 Å². The van der Waals surface area contributed by atoms with E-state index in [1.54, 1.807) is 11.3 Å². The van der Waals surface area contributed by atoms with E-state index in [1.807, 2.05) is 18.2 Å². The second-order valence-electron chi connectivity index (χ2n) is 5.29. The van der Waals surface area contributed by atoms with Gasteiger partial charge in [0.2, 0.25) is 0 Å². The van der Waals surface area contributed by atoms with Gasteiger partial charge in [-0.1, -0.05) is 23.7 Å². The Morgan fingerprint density at radius 2 is 2.35 bits per heavy atom. The van der Waals surface area contributed by atoms with Gasteiger partial charge in [0.15, 0.2) is 5.13 Å². The number of benzene rings is 1. The molecule has 0 spiro atoms. The highest BCUT2D eigenvalue weighted by atomic mass is 35.5. The van der Waals surface area contributed by atoms with Crippen LogP contribution in [-0.4, -0.2) is 12.0 Å². The molecule has 5 heteroatoms. The minimum absolute atomic E-state index is 0.114. The molecular weight excluding hydrogens is 290 g/mol. The van der Waals surface area contributed by atoms with Crippen LogP contribution < -0.4 is 10.6 Å². The third kappa shape index (κ3) is 2.82. The van der Waals surface area contributed by atoms with Crippen LogP contribution >= 0.6 is 22.9 Å². The van der Waals surface area contributed by atoms with E-state index in [9.17, 15) is 0 Å². The van der Waals surface area contributed by atoms with Crippen LogP contribution in [0.2, 0.25) is 5.02 Å². The van der Waals surface area contributed by atoms with Gasteiger partial charge in [-0.2, -0.15) is 0 Å². The average Bonchev–Trinajstić information content (AvgIpc) is 2.84. The van der Waals surface area contributed by atoms with Gasteiger partial charge in [0.1, 0.15) is 0 Å². The molecule has 0 bridgehead atoms. The number of aryl methyl sites for hydroxylation is 1. The molecule has 0 fully saturated rings. The van der Waals surface area contributed by atoms with Crippen LogP contribution in [0.1, 0.15) is 35.0 Å². The number of thiazole rings is 1. The van der Waals surface area contributed by atoms with Crippen molar-refractivity contribution in [3.05, 3.63) is 45.4 Å². The fourth-order valence-corrected chi connectivity index (χ4v) is 3.92. The molecule has 0 saturated heterocycles. The van der Waals surface area contributed by atoms with Gasteiger partial charge in [-0.15, -0.1) is 11.3 Å². The molecule has 0 amide bonds. The van der Waals surface area contributed by atoms with Gasteiger partial charge in [0.25, 0.3) is 0 Å². The van der Waals surface area contributed by atoms with E-state index >= 15 is 0 Å². The molecule has 3 nitrogen and oxygen atoms in total. The number of hydrogen-bond acceptors (Lipinski definition) is 4. The summed E-state index contributed by atoms with van der Waals surface area (Å²) in [6.07, 6.45) is 3.34. The van der Waals surface area contributed by atoms with E-state index in [-0.39, 0.29) is 6.04 Å². The first-order chi connectivity index (χ1) is 9.63. The van der Waals surface area contributed by atoms with Crippen molar-refractivity contribution in [3.8, 4) is 0 Å². The predicted octanol–water partition coefficient (Wildman–Crippen LogP) is 3.77. The molecule has 1 aromatic heterocycles. The number of halogens is 1. The van der Waals surface area contributed by atoms with Crippen molar-refractivity contribution in [1.82, 2.24) is 4.98 Å². The number of aromatic nitrogens is 1. The van der Waals surface area contributed by atoms with Crippen LogP contribution in [0.3, 0.4) is 0 Å². The van der Waals surface area contributed by atoms with E-state index in [0.29, 0.717) is 0 Å². The van der Waals surface area contributed by atoms with Crippen LogP contribution in [0.5, 0.6) is 0 Å². The number of anilines is 1. The fourth-order valence-electron chi connectivity index (χ4n) is 2.58. The Kier molecular flexibility index (Phi) is 3.96. The predicted molar refractivity (Wildman–Crippen MR) is 85.5 cm³/mol. The normalized spacial score (nSPS) is 17.9. The van der Waals surface area contributed by atoms with Gasteiger partial charge in [-0.25, -0.2) is 4.98 Å². The molecule has 0 aliphatic heterocycles. The highest BCUT2D eigenvalue weighted by Crippen LogP contribution is 2.35. The molecule has 20 heavy (non-hydrogen) atoms. The van der Waals surface area contributed by atoms with Crippen molar-refractivity contribution in [1.29, 1.82) is 0 Å². The molecule has 1 unspecified atom stereocenters. The molecule has 1 heterocycles. The fraction of sp³-hybridized carbons (Fsp3) is 0.400. The van der Waals surface area contributed by atoms with Crippen LogP contribution in [0.15, 0.2) is 24.3 Å². The standard InChI is InChI=1S/C15H18ClN3S/c1-19(9-10-4-2-5-11(16)8-10)15-18-14-12(17)6-3-7-13(14)20-15/h2,4-5,8,12H,3,6-7,9,17H2,1H3. The van der Waals surface area contributed by atoms with Crippen molar-refractivity contribution in [2.24, 2.45) is 5.73 Å². The van der Waals surface area contributed by atoms with Crippen LogP contribution in [0, 0.1) is 0 Å². The highest BCUT2D eigenvalue weighted by Gasteiger charge is 2.22. The van der Waals surface area contributed by atoms with Crippen molar-refractivity contribution in [3.63, 3.8) is 0 Å². The molecular formula is C15H18ClN3S. The largest absolute Gasteiger partial charge is 0.347 e. The maximum Gasteiger partial charge on any atom is 0.185 e. The molecule has 0 saturated carbocycles. The Morgan fingerprint density at radius 1 is 1.50 bits per heavy atom. The van der Waals surface area contributed by atoms with Crippen LogP contribution in [-0.2, 0) is 13.0 Å². The summed E-state index contributed by atoms with van der Waals surface area (Å²) in [7, 11) is 2.07. The second-order valence-corrected chi connectivity index (χ2v) is 6.79. The van der Waals surface area contributed by atoms with Gasteiger partial charge in [-0.05, 0) is 37.0 Å². The SMILES string of the molecule is CN(Cc1cccc(Cl)c1)c1nc2c(s1)CCCC2N. The van der Waals surface area contributed by atoms with Crippen molar-refractivity contribution >= 4 is 28.1 Å². The Bertz CT molecular complexity index is 611. The molecule has 1 atom stereocenters. The molecule has 2 aromatic rings. The first-order valence-corrected chi connectivity index (χ1v) is 8.03. The Labute approximate surface area is 128 Å². The van der Waals surface area contributed by atoms with Gasteiger partial charge >= 0.3 is 0 Å². The third-order valence-corrected chi connectivity index (χ3v) is 5.10. The molecule has 106 valence electrons. The summed E-state index contributed by atoms with van der Waals surface area (Å²) in [5, 5.41) is 1.82. The van der Waals surface area contributed by atoms with Gasteiger partial charge < -0.3 is 10.6 Å². The number of hydrogen-bond donors (Lipinski definition) is 1. The zero-order chi connectivity index (χ0) is 14.1. The van der Waals surface area contributed by atoms with Crippen molar-refractivity contribution in [2.45, 2.75) is 31.8 Å². The smallest absolute Gasteiger partial charge is 0.185 e. The van der Waals surface area contributed by atoms with Gasteiger partial charge in [0, 0.05) is 29.5 Å². The van der Waals surface area contributed by atoms with E-state index in [2.05, 4.69) is 18.0 Å². The summed E-state index contributed by atoms with van der Waals surface area (Å²) >= 11 is 7.80. The summed E-state index contributed by atoms with van der Waals surface area (Å²) in [4.78, 5) is 8.26. The van der Waals surface area contributed by atoms with Gasteiger partial charge in [-0.3, -0.25) is 0 Å². The lowest BCUT2D eigenvalue weighted by molar-refractivity contribution is 0.563. The van der Waals surface area contributed by atoms with Crippen molar-refractivity contribution in [2.75, 3.05) is 11.9 Å². The van der Waals surface area contributed by atoms with Crippen LogP contribution in [0.25, 0.3) is 0 Å². The zero-order valence-corrected chi connectivity index (χ0v) is 13.0. The first kappa shape index (κ1) is 13.9. The zero-order valence-electron chi connectivity index (χ0n) is 11.5. The second kappa shape index (κ2) is 5.72. The minimum atomic E-state index is 0.114. The summed E-state index contributed by atoms with van der Waals surface area (Å²) in [6, 6.07) is 8.07. The quantitative estimate of drug-likeness (QED) is 0.938. The average molecular weight is 308 g/mol. The van der Waals surface area contributed by atoms with E-state index < -0.39 is 0 Å². The first-order valence-electron chi connectivity index (χ1n) is 6.84. The summed E-state index contributed by atoms with van der Waals surface area (Å²) in [5.74, 6) is 0. The Balaban J connectivity index is 1.79. The van der Waals surface area contributed by atoms with E-state index in [4.69, 9.17) is 22.3 Å². The molecule has 1 aromatic carbocycles. The maximum atomic E-state index is 6.14. The third-order valence-electron chi connectivity index (χ3n) is 3.62. The topological polar surface area (TPSA) is 42.2 Å². The minimum Gasteiger partial charge on any atom is -0.347 e. The monoisotopic (exact) mass is 307 g/mol. The lowest BCUT2D eigenvalue weighted by Gasteiger charge is -2.16. The highest BCUT2D eigenvalue weighted by molar-refractivity contribution is 7.15. The van der Waals surface area contributed by atoms with E-state index in [1.165, 1.54) is 16.9 Å². The lowest BCUT2D eigenvalue weighted by atomic mass is 9.99. The molecule has 1 aliphatic rings. The number of fused-ring (bicyclic) bond motifs is 1. The van der Waals surface area contributed by atoms with Crippen LogP contribution in [0.4, 0.5) is 5.13 Å². The Hall–Kier alpha value is -1.10. The molecule has 3 rings (SSSR count). The molecule has 0 radical (unpaired) electrons. The number of nitrogens with zero attached hydrogens (tertiary/aromatic N) is 2. The summed E-state index contributed by atoms with van der Waals surface area (Å²) in [6.45, 7) is 0.808. The van der Waals surface area contributed by atoms with Gasteiger partial charge in [0.05, 0.1) is 5.69 Å². The Morgan fingerprint density at radius 3 is 3.10 bits per heavy atom. The number of rotatable bonds is 3. The van der Waals surface area contributed by atoms with E-state index in [0.717, 1.165) is 35.2 Å². The molecule has 2 N–H and O–H groups in total.